The zero-order valence-corrected chi connectivity index (χ0v) is 14.7. The Kier molecular flexibility index (Phi) is 6.13. The van der Waals surface area contributed by atoms with Crippen LogP contribution in [0.5, 0.6) is 0 Å². The van der Waals surface area contributed by atoms with Crippen molar-refractivity contribution in [2.24, 2.45) is 0 Å². The Bertz CT molecular complexity index is 724. The number of aryl methyl sites for hydroxylation is 1. The van der Waals surface area contributed by atoms with Crippen LogP contribution < -0.4 is 0 Å². The maximum Gasteiger partial charge on any atom is 0.341 e. The Morgan fingerprint density at radius 2 is 1.74 bits per heavy atom. The Balaban J connectivity index is 2.36. The van der Waals surface area contributed by atoms with E-state index >= 15 is 0 Å². The summed E-state index contributed by atoms with van der Waals surface area (Å²) in [7, 11) is 2.86. The quantitative estimate of drug-likeness (QED) is 0.434. The molecular formula is C18H17ClO3S. The first-order valence-electron chi connectivity index (χ1n) is 6.91. The van der Waals surface area contributed by atoms with E-state index in [0.717, 1.165) is 20.9 Å². The van der Waals surface area contributed by atoms with Gasteiger partial charge >= 0.3 is 5.97 Å². The summed E-state index contributed by atoms with van der Waals surface area (Å²) in [5, 5.41) is 0.704. The second-order valence-electron chi connectivity index (χ2n) is 4.79. The molecule has 0 saturated carbocycles. The first-order valence-corrected chi connectivity index (χ1v) is 8.10. The molecule has 2 aromatic rings. The molecule has 2 aromatic carbocycles. The lowest BCUT2D eigenvalue weighted by molar-refractivity contribution is -0.133. The predicted molar refractivity (Wildman–Crippen MR) is 93.8 cm³/mol. The minimum Gasteiger partial charge on any atom is -0.503 e. The van der Waals surface area contributed by atoms with Crippen molar-refractivity contribution < 1.29 is 14.3 Å². The van der Waals surface area contributed by atoms with Gasteiger partial charge in [-0.15, -0.1) is 0 Å². The van der Waals surface area contributed by atoms with E-state index in [1.807, 2.05) is 49.4 Å². The van der Waals surface area contributed by atoms with E-state index in [4.69, 9.17) is 21.1 Å². The zero-order chi connectivity index (χ0) is 16.8. The minimum atomic E-state index is -0.427. The summed E-state index contributed by atoms with van der Waals surface area (Å²) >= 11 is 7.50. The molecule has 0 fully saturated rings. The van der Waals surface area contributed by atoms with Crippen LogP contribution in [0.1, 0.15) is 11.1 Å². The highest BCUT2D eigenvalue weighted by atomic mass is 35.5. The molecule has 0 saturated heterocycles. The van der Waals surface area contributed by atoms with E-state index in [2.05, 4.69) is 0 Å². The van der Waals surface area contributed by atoms with Crippen molar-refractivity contribution in [2.45, 2.75) is 16.7 Å². The van der Waals surface area contributed by atoms with Crippen LogP contribution in [0.2, 0.25) is 5.02 Å². The van der Waals surface area contributed by atoms with Gasteiger partial charge in [0.1, 0.15) is 5.57 Å². The molecule has 0 amide bonds. The topological polar surface area (TPSA) is 35.5 Å². The van der Waals surface area contributed by atoms with Gasteiger partial charge in [0.2, 0.25) is 0 Å². The number of rotatable bonds is 5. The number of hydrogen-bond donors (Lipinski definition) is 0. The summed E-state index contributed by atoms with van der Waals surface area (Å²) in [5.41, 5.74) is 2.16. The lowest BCUT2D eigenvalue weighted by atomic mass is 10.0. The molecule has 0 atom stereocenters. The highest BCUT2D eigenvalue weighted by Crippen LogP contribution is 2.32. The van der Waals surface area contributed by atoms with Crippen LogP contribution in [0, 0.1) is 6.92 Å². The van der Waals surface area contributed by atoms with Gasteiger partial charge in [0.05, 0.1) is 20.5 Å². The molecular weight excluding hydrogens is 332 g/mol. The number of halogens is 1. The molecule has 0 aromatic heterocycles. The van der Waals surface area contributed by atoms with E-state index in [9.17, 15) is 4.79 Å². The molecule has 0 spiro atoms. The average molecular weight is 349 g/mol. The van der Waals surface area contributed by atoms with Crippen molar-refractivity contribution in [1.82, 2.24) is 0 Å². The molecule has 120 valence electrons. The van der Waals surface area contributed by atoms with Crippen LogP contribution >= 0.6 is 23.4 Å². The molecule has 0 bridgehead atoms. The van der Waals surface area contributed by atoms with E-state index < -0.39 is 5.97 Å². The van der Waals surface area contributed by atoms with Crippen molar-refractivity contribution >= 4 is 34.9 Å². The summed E-state index contributed by atoms with van der Waals surface area (Å²) < 4.78 is 9.86. The van der Waals surface area contributed by atoms with Gasteiger partial charge in [-0.1, -0.05) is 29.4 Å². The van der Waals surface area contributed by atoms with E-state index in [-0.39, 0.29) is 0 Å². The molecule has 0 aliphatic heterocycles. The molecule has 0 heterocycles. The van der Waals surface area contributed by atoms with Gasteiger partial charge < -0.3 is 9.47 Å². The second-order valence-corrected chi connectivity index (χ2v) is 6.37. The van der Waals surface area contributed by atoms with E-state index in [1.54, 1.807) is 11.8 Å². The van der Waals surface area contributed by atoms with Crippen molar-refractivity contribution in [2.75, 3.05) is 14.2 Å². The Labute approximate surface area is 145 Å². The standard InChI is InChI=1S/C18H17ClO3S/c1-12-4-7-15(23-14-8-5-13(19)6-9-14)10-16(12)17(11-21-2)18(20)22-3/h4-11H,1-3H3/b17-11+. The molecule has 0 aliphatic carbocycles. The molecule has 2 rings (SSSR count). The van der Waals surface area contributed by atoms with Crippen molar-refractivity contribution in [1.29, 1.82) is 0 Å². The smallest absolute Gasteiger partial charge is 0.341 e. The molecule has 0 radical (unpaired) electrons. The summed E-state index contributed by atoms with van der Waals surface area (Å²) in [6.07, 6.45) is 1.41. The van der Waals surface area contributed by atoms with Crippen LogP contribution in [0.25, 0.3) is 5.57 Å². The lowest BCUT2D eigenvalue weighted by Gasteiger charge is -2.11. The van der Waals surface area contributed by atoms with Crippen molar-refractivity contribution in [3.05, 3.63) is 64.9 Å². The minimum absolute atomic E-state index is 0.394. The number of hydrogen-bond acceptors (Lipinski definition) is 4. The maximum absolute atomic E-state index is 12.0. The van der Waals surface area contributed by atoms with Crippen LogP contribution in [0.15, 0.2) is 58.5 Å². The monoisotopic (exact) mass is 348 g/mol. The molecule has 3 nitrogen and oxygen atoms in total. The maximum atomic E-state index is 12.0. The average Bonchev–Trinajstić information content (AvgIpc) is 2.56. The lowest BCUT2D eigenvalue weighted by Crippen LogP contribution is -2.06. The third-order valence-corrected chi connectivity index (χ3v) is 4.44. The second kappa shape index (κ2) is 8.09. The number of esters is 1. The fraction of sp³-hybridized carbons (Fsp3) is 0.167. The Hall–Kier alpha value is -1.91. The fourth-order valence-electron chi connectivity index (χ4n) is 2.04. The first kappa shape index (κ1) is 17.4. The summed E-state index contributed by atoms with van der Waals surface area (Å²) in [6.45, 7) is 1.94. The van der Waals surface area contributed by atoms with Gasteiger partial charge in [0.15, 0.2) is 0 Å². The number of ether oxygens (including phenoxy) is 2. The number of methoxy groups -OCH3 is 2. The highest BCUT2D eigenvalue weighted by molar-refractivity contribution is 7.99. The van der Waals surface area contributed by atoms with Crippen molar-refractivity contribution in [3.63, 3.8) is 0 Å². The number of carbonyl (C=O) groups is 1. The van der Waals surface area contributed by atoms with Gasteiger partial charge in [-0.25, -0.2) is 4.79 Å². The zero-order valence-electron chi connectivity index (χ0n) is 13.1. The van der Waals surface area contributed by atoms with Gasteiger partial charge in [-0.2, -0.15) is 0 Å². The largest absolute Gasteiger partial charge is 0.503 e. The van der Waals surface area contributed by atoms with Gasteiger partial charge in [0.25, 0.3) is 0 Å². The van der Waals surface area contributed by atoms with E-state index in [1.165, 1.54) is 20.5 Å². The molecule has 0 aliphatic rings. The summed E-state index contributed by atoms with van der Waals surface area (Å²) in [5.74, 6) is -0.427. The molecule has 0 unspecified atom stereocenters. The number of benzene rings is 2. The molecule has 5 heteroatoms. The normalized spacial score (nSPS) is 11.2. The summed E-state index contributed by atoms with van der Waals surface area (Å²) in [6, 6.07) is 13.6. The highest BCUT2D eigenvalue weighted by Gasteiger charge is 2.16. The van der Waals surface area contributed by atoms with Crippen LogP contribution in [0.4, 0.5) is 0 Å². The SMILES string of the molecule is CO/C=C(/C(=O)OC)c1cc(Sc2ccc(Cl)cc2)ccc1C. The predicted octanol–water partition coefficient (Wildman–Crippen LogP) is 4.96. The van der Waals surface area contributed by atoms with Crippen LogP contribution in [0.3, 0.4) is 0 Å². The Morgan fingerprint density at radius 1 is 1.09 bits per heavy atom. The van der Waals surface area contributed by atoms with Crippen molar-refractivity contribution in [3.8, 4) is 0 Å². The van der Waals surface area contributed by atoms with E-state index in [0.29, 0.717) is 10.6 Å². The number of carbonyl (C=O) groups excluding carboxylic acids is 1. The van der Waals surface area contributed by atoms with Crippen LogP contribution in [-0.4, -0.2) is 20.2 Å². The van der Waals surface area contributed by atoms with Gasteiger partial charge in [-0.05, 0) is 54.4 Å². The first-order chi connectivity index (χ1) is 11.0. The molecule has 0 N–H and O–H groups in total. The van der Waals surface area contributed by atoms with Crippen LogP contribution in [-0.2, 0) is 14.3 Å². The van der Waals surface area contributed by atoms with Gasteiger partial charge in [0, 0.05) is 14.8 Å². The third-order valence-electron chi connectivity index (χ3n) is 3.19. The Morgan fingerprint density at radius 3 is 2.35 bits per heavy atom. The fourth-order valence-corrected chi connectivity index (χ4v) is 3.03. The third kappa shape index (κ3) is 4.53. The molecule has 23 heavy (non-hydrogen) atoms. The van der Waals surface area contributed by atoms with Gasteiger partial charge in [-0.3, -0.25) is 0 Å². The summed E-state index contributed by atoms with van der Waals surface area (Å²) in [4.78, 5) is 14.1.